The van der Waals surface area contributed by atoms with Crippen LogP contribution in [0.3, 0.4) is 0 Å². The SMILES string of the molecule is Cc1sc(Br)cc1S(=O)(=O)NC(C)C1CC1. The summed E-state index contributed by atoms with van der Waals surface area (Å²) < 4.78 is 27.8. The van der Waals surface area contributed by atoms with Gasteiger partial charge >= 0.3 is 0 Å². The molecule has 0 spiro atoms. The number of aryl methyl sites for hydroxylation is 1. The van der Waals surface area contributed by atoms with Crippen molar-refractivity contribution in [3.63, 3.8) is 0 Å². The zero-order valence-corrected chi connectivity index (χ0v) is 12.4. The molecule has 1 N–H and O–H groups in total. The molecule has 0 amide bonds. The molecule has 0 saturated heterocycles. The predicted molar refractivity (Wildman–Crippen MR) is 69.3 cm³/mol. The van der Waals surface area contributed by atoms with Crippen LogP contribution in [0.15, 0.2) is 14.7 Å². The molecular weight excluding hydrogens is 310 g/mol. The van der Waals surface area contributed by atoms with E-state index in [1.807, 2.05) is 13.8 Å². The lowest BCUT2D eigenvalue weighted by molar-refractivity contribution is 0.538. The fourth-order valence-electron chi connectivity index (χ4n) is 1.70. The molecule has 3 nitrogen and oxygen atoms in total. The molecule has 2 rings (SSSR count). The summed E-state index contributed by atoms with van der Waals surface area (Å²) in [5, 5.41) is 0. The summed E-state index contributed by atoms with van der Waals surface area (Å²) in [5.41, 5.74) is 0. The van der Waals surface area contributed by atoms with E-state index in [1.165, 1.54) is 11.3 Å². The van der Waals surface area contributed by atoms with Crippen molar-refractivity contribution in [3.8, 4) is 0 Å². The predicted octanol–water partition coefficient (Wildman–Crippen LogP) is 2.90. The zero-order valence-electron chi connectivity index (χ0n) is 9.16. The molecule has 0 radical (unpaired) electrons. The molecule has 90 valence electrons. The molecule has 1 unspecified atom stereocenters. The van der Waals surface area contributed by atoms with Crippen LogP contribution in [0, 0.1) is 12.8 Å². The van der Waals surface area contributed by atoms with Gasteiger partial charge in [0.25, 0.3) is 0 Å². The lowest BCUT2D eigenvalue weighted by Gasteiger charge is -2.12. The van der Waals surface area contributed by atoms with E-state index in [0.29, 0.717) is 10.8 Å². The Labute approximate surface area is 108 Å². The molecule has 0 aromatic carbocycles. The molecule has 0 aliphatic heterocycles. The van der Waals surface area contributed by atoms with Crippen LogP contribution in [0.2, 0.25) is 0 Å². The Morgan fingerprint density at radius 1 is 1.56 bits per heavy atom. The first kappa shape index (κ1) is 12.5. The molecule has 1 aromatic heterocycles. The van der Waals surface area contributed by atoms with Crippen LogP contribution in [0.25, 0.3) is 0 Å². The molecule has 1 heterocycles. The Bertz CT molecular complexity index is 491. The van der Waals surface area contributed by atoms with E-state index in [-0.39, 0.29) is 6.04 Å². The van der Waals surface area contributed by atoms with Crippen molar-refractivity contribution in [3.05, 3.63) is 14.7 Å². The number of hydrogen-bond donors (Lipinski definition) is 1. The Morgan fingerprint density at radius 3 is 2.62 bits per heavy atom. The molecule has 1 saturated carbocycles. The topological polar surface area (TPSA) is 46.2 Å². The summed E-state index contributed by atoms with van der Waals surface area (Å²) >= 11 is 4.75. The standard InChI is InChI=1S/C10H14BrNO2S2/c1-6(8-3-4-8)12-16(13,14)9-5-10(11)15-7(9)2/h5-6,8,12H,3-4H2,1-2H3. The first-order valence-electron chi connectivity index (χ1n) is 5.18. The largest absolute Gasteiger partial charge is 0.241 e. The Hall–Kier alpha value is 0.0900. The summed E-state index contributed by atoms with van der Waals surface area (Å²) in [6.07, 6.45) is 2.27. The second-order valence-electron chi connectivity index (χ2n) is 4.22. The summed E-state index contributed by atoms with van der Waals surface area (Å²) in [7, 11) is -3.34. The maximum atomic E-state index is 12.1. The van der Waals surface area contributed by atoms with Crippen molar-refractivity contribution in [2.24, 2.45) is 5.92 Å². The van der Waals surface area contributed by atoms with Gasteiger partial charge in [0.1, 0.15) is 0 Å². The van der Waals surface area contributed by atoms with Gasteiger partial charge in [-0.25, -0.2) is 13.1 Å². The van der Waals surface area contributed by atoms with Crippen molar-refractivity contribution in [1.82, 2.24) is 4.72 Å². The zero-order chi connectivity index (χ0) is 11.9. The van der Waals surface area contributed by atoms with Gasteiger partial charge in [-0.05, 0) is 54.6 Å². The van der Waals surface area contributed by atoms with E-state index >= 15 is 0 Å². The van der Waals surface area contributed by atoms with Gasteiger partial charge in [0.2, 0.25) is 10.0 Å². The normalized spacial score (nSPS) is 18.7. The second-order valence-corrected chi connectivity index (χ2v) is 8.54. The Morgan fingerprint density at radius 2 is 2.19 bits per heavy atom. The van der Waals surface area contributed by atoms with E-state index < -0.39 is 10.0 Å². The number of hydrogen-bond acceptors (Lipinski definition) is 3. The highest BCUT2D eigenvalue weighted by Gasteiger charge is 2.32. The van der Waals surface area contributed by atoms with Crippen LogP contribution < -0.4 is 4.72 Å². The molecule has 1 aliphatic rings. The number of halogens is 1. The number of nitrogens with one attached hydrogen (secondary N) is 1. The van der Waals surface area contributed by atoms with E-state index in [0.717, 1.165) is 21.5 Å². The average Bonchev–Trinajstić information content (AvgIpc) is 2.91. The van der Waals surface area contributed by atoms with Crippen LogP contribution in [0.5, 0.6) is 0 Å². The fraction of sp³-hybridized carbons (Fsp3) is 0.600. The van der Waals surface area contributed by atoms with Crippen molar-refractivity contribution in [1.29, 1.82) is 0 Å². The van der Waals surface area contributed by atoms with Gasteiger partial charge in [-0.3, -0.25) is 0 Å². The van der Waals surface area contributed by atoms with Crippen molar-refractivity contribution in [2.75, 3.05) is 0 Å². The molecule has 16 heavy (non-hydrogen) atoms. The maximum Gasteiger partial charge on any atom is 0.241 e. The highest BCUT2D eigenvalue weighted by molar-refractivity contribution is 9.11. The van der Waals surface area contributed by atoms with Crippen LogP contribution >= 0.6 is 27.3 Å². The summed E-state index contributed by atoms with van der Waals surface area (Å²) in [6, 6.07) is 1.71. The average molecular weight is 324 g/mol. The van der Waals surface area contributed by atoms with Crippen molar-refractivity contribution in [2.45, 2.75) is 37.6 Å². The second kappa shape index (κ2) is 4.40. The van der Waals surface area contributed by atoms with Gasteiger partial charge in [-0.2, -0.15) is 0 Å². The first-order valence-corrected chi connectivity index (χ1v) is 8.27. The molecule has 1 fully saturated rings. The third kappa shape index (κ3) is 2.67. The van der Waals surface area contributed by atoms with Crippen molar-refractivity contribution >= 4 is 37.3 Å². The van der Waals surface area contributed by atoms with E-state index in [4.69, 9.17) is 0 Å². The quantitative estimate of drug-likeness (QED) is 0.926. The molecule has 0 bridgehead atoms. The fourth-order valence-corrected chi connectivity index (χ4v) is 5.42. The monoisotopic (exact) mass is 323 g/mol. The highest BCUT2D eigenvalue weighted by Crippen LogP contribution is 2.34. The van der Waals surface area contributed by atoms with E-state index in [9.17, 15) is 8.42 Å². The van der Waals surface area contributed by atoms with Gasteiger partial charge in [-0.15, -0.1) is 11.3 Å². The summed E-state index contributed by atoms with van der Waals surface area (Å²) in [4.78, 5) is 1.22. The number of rotatable bonds is 4. The molecule has 1 aromatic rings. The minimum Gasteiger partial charge on any atom is -0.208 e. The van der Waals surface area contributed by atoms with Gasteiger partial charge < -0.3 is 0 Å². The summed E-state index contributed by atoms with van der Waals surface area (Å²) in [5.74, 6) is 0.525. The highest BCUT2D eigenvalue weighted by atomic mass is 79.9. The van der Waals surface area contributed by atoms with Gasteiger partial charge in [0.05, 0.1) is 8.68 Å². The van der Waals surface area contributed by atoms with Crippen LogP contribution in [-0.2, 0) is 10.0 Å². The maximum absolute atomic E-state index is 12.1. The minimum atomic E-state index is -3.34. The third-order valence-electron chi connectivity index (χ3n) is 2.80. The van der Waals surface area contributed by atoms with Crippen LogP contribution in [0.4, 0.5) is 0 Å². The Balaban J connectivity index is 2.21. The number of sulfonamides is 1. The third-order valence-corrected chi connectivity index (χ3v) is 6.17. The minimum absolute atomic E-state index is 0.0445. The van der Waals surface area contributed by atoms with E-state index in [1.54, 1.807) is 6.07 Å². The molecular formula is C10H14BrNO2S2. The van der Waals surface area contributed by atoms with Crippen molar-refractivity contribution < 1.29 is 8.42 Å². The lowest BCUT2D eigenvalue weighted by Crippen LogP contribution is -2.34. The molecule has 1 aliphatic carbocycles. The first-order chi connectivity index (χ1) is 7.40. The van der Waals surface area contributed by atoms with E-state index in [2.05, 4.69) is 20.7 Å². The summed E-state index contributed by atoms with van der Waals surface area (Å²) in [6.45, 7) is 3.76. The number of thiophene rings is 1. The van der Waals surface area contributed by atoms with Gasteiger partial charge in [0, 0.05) is 10.9 Å². The molecule has 6 heteroatoms. The van der Waals surface area contributed by atoms with Crippen LogP contribution in [-0.4, -0.2) is 14.5 Å². The molecule has 1 atom stereocenters. The smallest absolute Gasteiger partial charge is 0.208 e. The Kier molecular flexibility index (Phi) is 3.45. The van der Waals surface area contributed by atoms with Gasteiger partial charge in [0.15, 0.2) is 0 Å². The van der Waals surface area contributed by atoms with Crippen LogP contribution in [0.1, 0.15) is 24.6 Å². The lowest BCUT2D eigenvalue weighted by atomic mass is 10.2. The van der Waals surface area contributed by atoms with Gasteiger partial charge in [-0.1, -0.05) is 0 Å².